The summed E-state index contributed by atoms with van der Waals surface area (Å²) in [4.78, 5) is 15.0. The number of non-ortho nitro benzene ring substituents is 1. The average molecular weight is 284 g/mol. The number of nitro groups is 1. The van der Waals surface area contributed by atoms with Crippen LogP contribution in [0.3, 0.4) is 0 Å². The number of likely N-dealkylation sites (N-methyl/N-ethyl adjacent to an activating group) is 1. The Kier molecular flexibility index (Phi) is 4.27. The Labute approximate surface area is 117 Å². The van der Waals surface area contributed by atoms with Gasteiger partial charge in [-0.05, 0) is 19.0 Å². The van der Waals surface area contributed by atoms with Crippen molar-refractivity contribution in [2.75, 3.05) is 38.1 Å². The molecule has 1 aromatic carbocycles. The monoisotopic (exact) mass is 283 g/mol. The number of nitro benzene ring substituents is 1. The van der Waals surface area contributed by atoms with Gasteiger partial charge in [0.25, 0.3) is 5.69 Å². The minimum absolute atomic E-state index is 0.0692. The van der Waals surface area contributed by atoms with Gasteiger partial charge in [-0.15, -0.1) is 0 Å². The highest BCUT2D eigenvalue weighted by Crippen LogP contribution is 2.35. The first kappa shape index (κ1) is 14.1. The lowest BCUT2D eigenvalue weighted by atomic mass is 10.1. The van der Waals surface area contributed by atoms with E-state index in [0.717, 1.165) is 43.9 Å². The van der Waals surface area contributed by atoms with E-state index in [-0.39, 0.29) is 5.69 Å². The molecule has 1 aliphatic heterocycles. The summed E-state index contributed by atoms with van der Waals surface area (Å²) in [6.45, 7) is 5.77. The number of aryl methyl sites for hydroxylation is 1. The van der Waals surface area contributed by atoms with Gasteiger partial charge in [-0.2, -0.15) is 0 Å². The summed E-state index contributed by atoms with van der Waals surface area (Å²) < 4.78 is 0. The van der Waals surface area contributed by atoms with Gasteiger partial charge in [0.1, 0.15) is 0 Å². The summed E-state index contributed by atoms with van der Waals surface area (Å²) in [6.07, 6.45) is 0.739. The Morgan fingerprint density at radius 3 is 2.47 bits per heavy atom. The Morgan fingerprint density at radius 1 is 1.32 bits per heavy atom. The molecular weight excluding hydrogens is 266 g/mol. The first-order valence-corrected chi connectivity index (χ1v) is 6.81. The Bertz CT molecular complexity index is 485. The van der Waals surface area contributed by atoms with E-state index in [1.165, 1.54) is 6.07 Å². The molecule has 1 fully saturated rings. The second-order valence-corrected chi connectivity index (χ2v) is 5.24. The van der Waals surface area contributed by atoms with Crippen molar-refractivity contribution in [3.05, 3.63) is 32.8 Å². The van der Waals surface area contributed by atoms with Crippen LogP contribution < -0.4 is 4.90 Å². The van der Waals surface area contributed by atoms with Crippen molar-refractivity contribution in [2.24, 2.45) is 0 Å². The van der Waals surface area contributed by atoms with E-state index in [1.54, 1.807) is 6.07 Å². The Balaban J connectivity index is 2.36. The zero-order chi connectivity index (χ0) is 14.0. The summed E-state index contributed by atoms with van der Waals surface area (Å²) in [7, 11) is 2.09. The maximum absolute atomic E-state index is 10.9. The number of hydrogen-bond acceptors (Lipinski definition) is 4. The average Bonchev–Trinajstić information content (AvgIpc) is 2.39. The van der Waals surface area contributed by atoms with Gasteiger partial charge < -0.3 is 9.80 Å². The molecule has 0 spiro atoms. The van der Waals surface area contributed by atoms with E-state index >= 15 is 0 Å². The van der Waals surface area contributed by atoms with Gasteiger partial charge >= 0.3 is 0 Å². The van der Waals surface area contributed by atoms with Crippen LogP contribution in [0.25, 0.3) is 0 Å². The van der Waals surface area contributed by atoms with Gasteiger partial charge in [0.15, 0.2) is 0 Å². The van der Waals surface area contributed by atoms with Crippen LogP contribution in [-0.4, -0.2) is 43.0 Å². The van der Waals surface area contributed by atoms with Crippen molar-refractivity contribution < 1.29 is 4.92 Å². The maximum Gasteiger partial charge on any atom is 0.271 e. The summed E-state index contributed by atoms with van der Waals surface area (Å²) in [6, 6.07) is 3.09. The van der Waals surface area contributed by atoms with Crippen LogP contribution in [0.15, 0.2) is 12.1 Å². The van der Waals surface area contributed by atoms with E-state index in [1.807, 2.05) is 6.92 Å². The highest BCUT2D eigenvalue weighted by Gasteiger charge is 2.22. The molecule has 0 radical (unpaired) electrons. The third-order valence-corrected chi connectivity index (χ3v) is 3.83. The van der Waals surface area contributed by atoms with Crippen LogP contribution in [0.5, 0.6) is 0 Å². The van der Waals surface area contributed by atoms with Crippen LogP contribution in [0.2, 0.25) is 5.02 Å². The minimum atomic E-state index is -0.390. The molecule has 0 N–H and O–H groups in total. The summed E-state index contributed by atoms with van der Waals surface area (Å²) in [5.74, 6) is 0. The molecule has 5 nitrogen and oxygen atoms in total. The first-order valence-electron chi connectivity index (χ1n) is 6.43. The zero-order valence-electron chi connectivity index (χ0n) is 11.2. The van der Waals surface area contributed by atoms with Gasteiger partial charge in [0.05, 0.1) is 15.6 Å². The number of rotatable bonds is 3. The molecule has 0 unspecified atom stereocenters. The number of benzene rings is 1. The van der Waals surface area contributed by atoms with Gasteiger partial charge in [-0.3, -0.25) is 10.1 Å². The van der Waals surface area contributed by atoms with Crippen molar-refractivity contribution in [1.29, 1.82) is 0 Å². The SMILES string of the molecule is CCc1cc([N+](=O)[O-])cc(Cl)c1N1CCN(C)CC1. The first-order chi connectivity index (χ1) is 9.02. The smallest absolute Gasteiger partial charge is 0.271 e. The fourth-order valence-corrected chi connectivity index (χ4v) is 2.75. The quantitative estimate of drug-likeness (QED) is 0.632. The van der Waals surface area contributed by atoms with E-state index in [0.29, 0.717) is 5.02 Å². The van der Waals surface area contributed by atoms with E-state index in [2.05, 4.69) is 16.8 Å². The summed E-state index contributed by atoms with van der Waals surface area (Å²) in [5, 5.41) is 11.4. The van der Waals surface area contributed by atoms with Crippen molar-refractivity contribution in [3.63, 3.8) is 0 Å². The molecule has 1 aliphatic rings. The lowest BCUT2D eigenvalue weighted by Gasteiger charge is -2.35. The Morgan fingerprint density at radius 2 is 1.95 bits per heavy atom. The zero-order valence-corrected chi connectivity index (χ0v) is 12.0. The molecule has 0 aliphatic carbocycles. The van der Waals surface area contributed by atoms with Crippen LogP contribution in [0.1, 0.15) is 12.5 Å². The predicted octanol–water partition coefficient (Wildman–Crippen LogP) is 2.56. The second kappa shape index (κ2) is 5.75. The van der Waals surface area contributed by atoms with E-state index < -0.39 is 4.92 Å². The number of nitrogens with zero attached hydrogens (tertiary/aromatic N) is 3. The molecule has 0 aromatic heterocycles. The second-order valence-electron chi connectivity index (χ2n) is 4.84. The molecule has 19 heavy (non-hydrogen) atoms. The van der Waals surface area contributed by atoms with Gasteiger partial charge in [0, 0.05) is 38.3 Å². The lowest BCUT2D eigenvalue weighted by molar-refractivity contribution is -0.384. The molecule has 104 valence electrons. The molecular formula is C13H18ClN3O2. The number of piperazine rings is 1. The molecule has 0 atom stereocenters. The van der Waals surface area contributed by atoms with Crippen LogP contribution >= 0.6 is 11.6 Å². The highest BCUT2D eigenvalue weighted by atomic mass is 35.5. The molecule has 1 saturated heterocycles. The topological polar surface area (TPSA) is 49.6 Å². The van der Waals surface area contributed by atoms with Gasteiger partial charge in [-0.1, -0.05) is 18.5 Å². The predicted molar refractivity (Wildman–Crippen MR) is 77.2 cm³/mol. The van der Waals surface area contributed by atoms with Crippen LogP contribution in [0, 0.1) is 10.1 Å². The summed E-state index contributed by atoms with van der Waals surface area (Å²) in [5.41, 5.74) is 1.98. The fourth-order valence-electron chi connectivity index (χ4n) is 2.40. The van der Waals surface area contributed by atoms with Crippen molar-refractivity contribution in [3.8, 4) is 0 Å². The molecule has 0 amide bonds. The van der Waals surface area contributed by atoms with Crippen LogP contribution in [0.4, 0.5) is 11.4 Å². The van der Waals surface area contributed by atoms with Crippen molar-refractivity contribution in [1.82, 2.24) is 4.90 Å². The molecule has 1 heterocycles. The van der Waals surface area contributed by atoms with E-state index in [4.69, 9.17) is 11.6 Å². The maximum atomic E-state index is 10.9. The van der Waals surface area contributed by atoms with Crippen LogP contribution in [-0.2, 0) is 6.42 Å². The molecule has 2 rings (SSSR count). The summed E-state index contributed by atoms with van der Waals surface area (Å²) >= 11 is 6.27. The van der Waals surface area contributed by atoms with Gasteiger partial charge in [0.2, 0.25) is 0 Å². The van der Waals surface area contributed by atoms with Crippen molar-refractivity contribution in [2.45, 2.75) is 13.3 Å². The third-order valence-electron chi connectivity index (χ3n) is 3.54. The highest BCUT2D eigenvalue weighted by molar-refractivity contribution is 6.33. The third kappa shape index (κ3) is 2.98. The molecule has 1 aromatic rings. The van der Waals surface area contributed by atoms with E-state index in [9.17, 15) is 10.1 Å². The van der Waals surface area contributed by atoms with Gasteiger partial charge in [-0.25, -0.2) is 0 Å². The lowest BCUT2D eigenvalue weighted by Crippen LogP contribution is -2.45. The Hall–Kier alpha value is -1.33. The van der Waals surface area contributed by atoms with Crippen molar-refractivity contribution >= 4 is 23.0 Å². The fraction of sp³-hybridized carbons (Fsp3) is 0.538. The number of hydrogen-bond donors (Lipinski definition) is 0. The molecule has 0 bridgehead atoms. The number of halogens is 1. The largest absolute Gasteiger partial charge is 0.368 e. The normalized spacial score (nSPS) is 16.7. The standard InChI is InChI=1S/C13H18ClN3O2/c1-3-10-8-11(17(18)19)9-12(14)13(10)16-6-4-15(2)5-7-16/h8-9H,3-7H2,1-2H3. The molecule has 0 saturated carbocycles. The minimum Gasteiger partial charge on any atom is -0.368 e. The molecule has 6 heteroatoms. The number of anilines is 1.